The van der Waals surface area contributed by atoms with Gasteiger partial charge in [-0.05, 0) is 42.1 Å². The Morgan fingerprint density at radius 1 is 0.935 bits per heavy atom. The molecule has 0 unspecified atom stereocenters. The Morgan fingerprint density at radius 2 is 1.45 bits per heavy atom. The van der Waals surface area contributed by atoms with Crippen LogP contribution in [-0.4, -0.2) is 32.8 Å². The van der Waals surface area contributed by atoms with Crippen molar-refractivity contribution in [1.29, 1.82) is 0 Å². The molecule has 1 atom stereocenters. The monoisotopic (exact) mass is 440 g/mol. The van der Waals surface area contributed by atoms with Crippen LogP contribution in [0.4, 0.5) is 0 Å². The number of carbonyl (C=O) groups is 2. The number of hydrogen-bond donors (Lipinski definition) is 0. The van der Waals surface area contributed by atoms with Gasteiger partial charge in [-0.25, -0.2) is 0 Å². The highest BCUT2D eigenvalue weighted by Crippen LogP contribution is 2.37. The Bertz CT molecular complexity index is 788. The number of ketones is 1. The van der Waals surface area contributed by atoms with E-state index in [4.69, 9.17) is 9.16 Å². The van der Waals surface area contributed by atoms with Crippen molar-refractivity contribution in [1.82, 2.24) is 0 Å². The number of esters is 1. The minimum Gasteiger partial charge on any atom is -0.466 e. The van der Waals surface area contributed by atoms with Gasteiger partial charge in [0.05, 0.1) is 6.61 Å². The van der Waals surface area contributed by atoms with Crippen LogP contribution >= 0.6 is 0 Å². The quantitative estimate of drug-likeness (QED) is 0.290. The molecule has 0 aliphatic heterocycles. The van der Waals surface area contributed by atoms with Gasteiger partial charge in [0, 0.05) is 12.5 Å². The maximum atomic E-state index is 12.1. The van der Waals surface area contributed by atoms with Crippen LogP contribution in [0.25, 0.3) is 0 Å². The highest BCUT2D eigenvalue weighted by atomic mass is 28.4. The van der Waals surface area contributed by atoms with E-state index in [1.54, 1.807) is 6.92 Å². The van der Waals surface area contributed by atoms with Crippen molar-refractivity contribution in [3.8, 4) is 0 Å². The van der Waals surface area contributed by atoms with Crippen molar-refractivity contribution in [2.45, 2.75) is 71.4 Å². The first-order valence-corrected chi connectivity index (χ1v) is 13.1. The standard InChI is InChI=1S/C26H36O4Si/c1-6-29-25(28)20-22(27)15-13-14-21(2)30-31(26(3,4)5,23-16-9-7-10-17-23)24-18-11-8-12-19-24/h7-12,16-19,21H,6,13-15,20H2,1-5H3/t21-/m0/s1. The first-order valence-electron chi connectivity index (χ1n) is 11.2. The van der Waals surface area contributed by atoms with Crippen LogP contribution < -0.4 is 10.4 Å². The van der Waals surface area contributed by atoms with E-state index in [1.807, 2.05) is 12.1 Å². The van der Waals surface area contributed by atoms with Gasteiger partial charge in [-0.1, -0.05) is 81.4 Å². The third kappa shape index (κ3) is 6.62. The largest absolute Gasteiger partial charge is 0.466 e. The summed E-state index contributed by atoms with van der Waals surface area (Å²) in [6, 6.07) is 21.1. The van der Waals surface area contributed by atoms with Crippen LogP contribution in [0.15, 0.2) is 60.7 Å². The molecule has 0 saturated heterocycles. The van der Waals surface area contributed by atoms with Gasteiger partial charge in [0.2, 0.25) is 0 Å². The predicted octanol–water partition coefficient (Wildman–Crippen LogP) is 4.64. The summed E-state index contributed by atoms with van der Waals surface area (Å²) in [5.74, 6) is -0.514. The molecule has 0 amide bonds. The van der Waals surface area contributed by atoms with E-state index in [0.717, 1.165) is 6.42 Å². The fourth-order valence-electron chi connectivity index (χ4n) is 4.10. The molecule has 0 fully saturated rings. The maximum absolute atomic E-state index is 12.1. The number of carbonyl (C=O) groups excluding carboxylic acids is 2. The molecular weight excluding hydrogens is 404 g/mol. The summed E-state index contributed by atoms with van der Waals surface area (Å²) in [7, 11) is -2.59. The van der Waals surface area contributed by atoms with Crippen molar-refractivity contribution >= 4 is 30.4 Å². The zero-order chi connectivity index (χ0) is 22.9. The lowest BCUT2D eigenvalue weighted by Gasteiger charge is -2.44. The molecule has 2 rings (SSSR count). The third-order valence-corrected chi connectivity index (χ3v) is 10.7. The van der Waals surface area contributed by atoms with Crippen molar-refractivity contribution in [2.24, 2.45) is 0 Å². The second-order valence-corrected chi connectivity index (χ2v) is 13.3. The lowest BCUT2D eigenvalue weighted by atomic mass is 10.1. The van der Waals surface area contributed by atoms with Crippen LogP contribution in [-0.2, 0) is 18.8 Å². The first kappa shape index (κ1) is 25.0. The zero-order valence-electron chi connectivity index (χ0n) is 19.5. The summed E-state index contributed by atoms with van der Waals surface area (Å²) in [5, 5.41) is 2.42. The van der Waals surface area contributed by atoms with Gasteiger partial charge in [-0.15, -0.1) is 0 Å². The average Bonchev–Trinajstić information content (AvgIpc) is 2.72. The summed E-state index contributed by atoms with van der Waals surface area (Å²) in [5.41, 5.74) is 0. The van der Waals surface area contributed by atoms with Gasteiger partial charge in [0.15, 0.2) is 0 Å². The normalized spacial score (nSPS) is 12.9. The number of benzene rings is 2. The molecule has 0 aromatic heterocycles. The Hall–Kier alpha value is -2.24. The number of ether oxygens (including phenoxy) is 1. The third-order valence-electron chi connectivity index (χ3n) is 5.51. The van der Waals surface area contributed by atoms with Crippen LogP contribution in [0.2, 0.25) is 5.04 Å². The topological polar surface area (TPSA) is 52.6 Å². The van der Waals surface area contributed by atoms with E-state index < -0.39 is 14.3 Å². The van der Waals surface area contributed by atoms with Gasteiger partial charge in [-0.2, -0.15) is 0 Å². The van der Waals surface area contributed by atoms with Crippen LogP contribution in [0.5, 0.6) is 0 Å². The second kappa shape index (κ2) is 11.4. The van der Waals surface area contributed by atoms with Gasteiger partial charge < -0.3 is 9.16 Å². The smallest absolute Gasteiger partial charge is 0.313 e. The Labute approximate surface area is 188 Å². The molecule has 2 aromatic carbocycles. The van der Waals surface area contributed by atoms with Gasteiger partial charge in [-0.3, -0.25) is 9.59 Å². The molecule has 5 heteroatoms. The summed E-state index contributed by atoms with van der Waals surface area (Å²) >= 11 is 0. The van der Waals surface area contributed by atoms with Crippen molar-refractivity contribution < 1.29 is 18.8 Å². The summed E-state index contributed by atoms with van der Waals surface area (Å²) in [4.78, 5) is 23.6. The van der Waals surface area contributed by atoms with Crippen molar-refractivity contribution in [3.63, 3.8) is 0 Å². The molecule has 0 aliphatic rings. The number of Topliss-reactive ketones (excluding diaryl/α,β-unsaturated/α-hetero) is 1. The molecule has 4 nitrogen and oxygen atoms in total. The fourth-order valence-corrected chi connectivity index (χ4v) is 8.84. The Morgan fingerprint density at radius 3 is 1.90 bits per heavy atom. The van der Waals surface area contributed by atoms with E-state index in [1.165, 1.54) is 10.4 Å². The van der Waals surface area contributed by atoms with Gasteiger partial charge in [0.1, 0.15) is 12.2 Å². The summed E-state index contributed by atoms with van der Waals surface area (Å²) in [6.45, 7) is 10.9. The first-order chi connectivity index (χ1) is 14.7. The van der Waals surface area contributed by atoms with Crippen molar-refractivity contribution in [3.05, 3.63) is 60.7 Å². The SMILES string of the molecule is CCOC(=O)CC(=O)CCC[C@H](C)O[Si](c1ccccc1)(c1ccccc1)C(C)(C)C. The van der Waals surface area contributed by atoms with E-state index in [-0.39, 0.29) is 23.3 Å². The lowest BCUT2D eigenvalue weighted by molar-refractivity contribution is -0.145. The predicted molar refractivity (Wildman–Crippen MR) is 128 cm³/mol. The maximum Gasteiger partial charge on any atom is 0.313 e. The molecule has 0 spiro atoms. The summed E-state index contributed by atoms with van der Waals surface area (Å²) < 4.78 is 11.9. The van der Waals surface area contributed by atoms with Crippen LogP contribution in [0, 0.1) is 0 Å². The number of rotatable bonds is 11. The van der Waals surface area contributed by atoms with E-state index in [9.17, 15) is 9.59 Å². The molecule has 0 saturated carbocycles. The van der Waals surface area contributed by atoms with E-state index in [2.05, 4.69) is 76.2 Å². The molecule has 0 heterocycles. The van der Waals surface area contributed by atoms with Gasteiger partial charge >= 0.3 is 5.97 Å². The molecule has 168 valence electrons. The Balaban J connectivity index is 2.19. The van der Waals surface area contributed by atoms with Crippen molar-refractivity contribution in [2.75, 3.05) is 6.61 Å². The summed E-state index contributed by atoms with van der Waals surface area (Å²) in [6.07, 6.45) is 1.67. The molecule has 0 radical (unpaired) electrons. The molecule has 0 N–H and O–H groups in total. The number of hydrogen-bond acceptors (Lipinski definition) is 4. The Kier molecular flexibility index (Phi) is 9.20. The van der Waals surface area contributed by atoms with E-state index >= 15 is 0 Å². The zero-order valence-corrected chi connectivity index (χ0v) is 20.5. The lowest BCUT2D eigenvalue weighted by Crippen LogP contribution is -2.67. The minimum absolute atomic E-state index is 0.0123. The molecular formula is C26H36O4Si. The molecule has 31 heavy (non-hydrogen) atoms. The van der Waals surface area contributed by atoms with Crippen LogP contribution in [0.1, 0.15) is 60.3 Å². The second-order valence-electron chi connectivity index (χ2n) is 9.00. The minimum atomic E-state index is -2.59. The van der Waals surface area contributed by atoms with Crippen LogP contribution in [0.3, 0.4) is 0 Å². The van der Waals surface area contributed by atoms with E-state index in [0.29, 0.717) is 19.4 Å². The fraction of sp³-hybridized carbons (Fsp3) is 0.462. The highest BCUT2D eigenvalue weighted by molar-refractivity contribution is 6.99. The molecule has 0 bridgehead atoms. The molecule has 2 aromatic rings. The molecule has 0 aliphatic carbocycles. The van der Waals surface area contributed by atoms with Gasteiger partial charge in [0.25, 0.3) is 8.32 Å². The average molecular weight is 441 g/mol. The highest BCUT2D eigenvalue weighted by Gasteiger charge is 2.50.